The lowest BCUT2D eigenvalue weighted by molar-refractivity contribution is 0.756. The van der Waals surface area contributed by atoms with Gasteiger partial charge in [-0.05, 0) is 13.0 Å². The van der Waals surface area contributed by atoms with Crippen LogP contribution >= 0.6 is 0 Å². The molecule has 0 bridgehead atoms. The van der Waals surface area contributed by atoms with Gasteiger partial charge in [-0.2, -0.15) is 15.5 Å². The SMILES string of the molecule is Cc1nn(C)cc1Nc1nnccc1C#N. The average molecular weight is 214 g/mol. The Morgan fingerprint density at radius 3 is 2.94 bits per heavy atom. The van der Waals surface area contributed by atoms with Crippen LogP contribution in [0.2, 0.25) is 0 Å². The van der Waals surface area contributed by atoms with Crippen LogP contribution in [0.15, 0.2) is 18.5 Å². The molecule has 0 aliphatic rings. The van der Waals surface area contributed by atoms with Gasteiger partial charge in [-0.3, -0.25) is 4.68 Å². The smallest absolute Gasteiger partial charge is 0.171 e. The number of aromatic nitrogens is 4. The van der Waals surface area contributed by atoms with Crippen molar-refractivity contribution in [2.75, 3.05) is 5.32 Å². The van der Waals surface area contributed by atoms with E-state index >= 15 is 0 Å². The van der Waals surface area contributed by atoms with Crippen LogP contribution in [0, 0.1) is 18.3 Å². The van der Waals surface area contributed by atoms with Crippen molar-refractivity contribution >= 4 is 11.5 Å². The molecule has 0 unspecified atom stereocenters. The Hall–Kier alpha value is -2.42. The van der Waals surface area contributed by atoms with Crippen LogP contribution in [0.4, 0.5) is 11.5 Å². The Kier molecular flexibility index (Phi) is 2.52. The first-order valence-electron chi connectivity index (χ1n) is 4.70. The number of rotatable bonds is 2. The molecule has 2 rings (SSSR count). The van der Waals surface area contributed by atoms with Crippen LogP contribution < -0.4 is 5.32 Å². The third-order valence-electron chi connectivity index (χ3n) is 2.11. The Morgan fingerprint density at radius 1 is 1.50 bits per heavy atom. The first kappa shape index (κ1) is 10.1. The highest BCUT2D eigenvalue weighted by Gasteiger charge is 2.07. The molecule has 0 radical (unpaired) electrons. The summed E-state index contributed by atoms with van der Waals surface area (Å²) in [5.74, 6) is 0.445. The molecular formula is C10H10N6. The molecule has 80 valence electrons. The lowest BCUT2D eigenvalue weighted by Gasteiger charge is -2.03. The fraction of sp³-hybridized carbons (Fsp3) is 0.200. The van der Waals surface area contributed by atoms with E-state index in [1.54, 1.807) is 10.7 Å². The molecule has 0 aliphatic heterocycles. The highest BCUT2D eigenvalue weighted by molar-refractivity contribution is 5.62. The van der Waals surface area contributed by atoms with Crippen LogP contribution in [0.1, 0.15) is 11.3 Å². The molecule has 2 heterocycles. The standard InChI is InChI=1S/C10H10N6/c1-7-9(6-16(2)15-7)13-10-8(5-11)3-4-12-14-10/h3-4,6H,1-2H3,(H,13,14). The zero-order valence-corrected chi connectivity index (χ0v) is 8.97. The zero-order valence-electron chi connectivity index (χ0n) is 8.97. The van der Waals surface area contributed by atoms with Crippen molar-refractivity contribution in [3.8, 4) is 6.07 Å². The molecule has 0 amide bonds. The fourth-order valence-electron chi connectivity index (χ4n) is 1.36. The summed E-state index contributed by atoms with van der Waals surface area (Å²) >= 11 is 0. The second kappa shape index (κ2) is 3.98. The minimum atomic E-state index is 0.445. The van der Waals surface area contributed by atoms with E-state index in [1.165, 1.54) is 6.20 Å². The van der Waals surface area contributed by atoms with Crippen molar-refractivity contribution in [2.45, 2.75) is 6.92 Å². The number of nitrogens with zero attached hydrogens (tertiary/aromatic N) is 5. The lowest BCUT2D eigenvalue weighted by atomic mass is 10.3. The first-order chi connectivity index (χ1) is 7.70. The molecule has 0 atom stereocenters. The van der Waals surface area contributed by atoms with E-state index in [-0.39, 0.29) is 0 Å². The van der Waals surface area contributed by atoms with Gasteiger partial charge in [0.1, 0.15) is 6.07 Å². The zero-order chi connectivity index (χ0) is 11.5. The van der Waals surface area contributed by atoms with Gasteiger partial charge in [-0.25, -0.2) is 0 Å². The summed E-state index contributed by atoms with van der Waals surface area (Å²) in [6, 6.07) is 3.66. The third-order valence-corrected chi connectivity index (χ3v) is 2.11. The van der Waals surface area contributed by atoms with Crippen molar-refractivity contribution < 1.29 is 0 Å². The van der Waals surface area contributed by atoms with E-state index in [9.17, 15) is 0 Å². The van der Waals surface area contributed by atoms with Crippen LogP contribution in [-0.4, -0.2) is 20.0 Å². The molecule has 6 nitrogen and oxygen atoms in total. The molecule has 0 saturated carbocycles. The molecule has 0 spiro atoms. The molecule has 16 heavy (non-hydrogen) atoms. The number of anilines is 2. The molecule has 2 aromatic rings. The topological polar surface area (TPSA) is 79.4 Å². The predicted octanol–water partition coefficient (Wildman–Crippen LogP) is 1.13. The monoisotopic (exact) mass is 214 g/mol. The Labute approximate surface area is 92.5 Å². The Bertz CT molecular complexity index is 551. The van der Waals surface area contributed by atoms with E-state index in [0.717, 1.165) is 11.4 Å². The number of nitriles is 1. The summed E-state index contributed by atoms with van der Waals surface area (Å²) in [6.07, 6.45) is 3.31. The summed E-state index contributed by atoms with van der Waals surface area (Å²) in [5, 5.41) is 23.7. The summed E-state index contributed by atoms with van der Waals surface area (Å²) in [6.45, 7) is 1.88. The Balaban J connectivity index is 2.34. The fourth-order valence-corrected chi connectivity index (χ4v) is 1.36. The van der Waals surface area contributed by atoms with Crippen molar-refractivity contribution in [2.24, 2.45) is 7.05 Å². The third kappa shape index (κ3) is 1.83. The van der Waals surface area contributed by atoms with Gasteiger partial charge in [0.15, 0.2) is 5.82 Å². The maximum absolute atomic E-state index is 8.89. The van der Waals surface area contributed by atoms with Crippen LogP contribution in [0.5, 0.6) is 0 Å². The van der Waals surface area contributed by atoms with E-state index in [4.69, 9.17) is 5.26 Å². The van der Waals surface area contributed by atoms with E-state index in [1.807, 2.05) is 26.2 Å². The number of hydrogen-bond acceptors (Lipinski definition) is 5. The molecule has 6 heteroatoms. The highest BCUT2D eigenvalue weighted by Crippen LogP contribution is 2.19. The summed E-state index contributed by atoms with van der Waals surface area (Å²) in [5.41, 5.74) is 2.12. The van der Waals surface area contributed by atoms with E-state index < -0.39 is 0 Å². The maximum Gasteiger partial charge on any atom is 0.171 e. The van der Waals surface area contributed by atoms with Gasteiger partial charge in [0.05, 0.1) is 23.1 Å². The molecular weight excluding hydrogens is 204 g/mol. The van der Waals surface area contributed by atoms with Crippen LogP contribution in [0.25, 0.3) is 0 Å². The highest BCUT2D eigenvalue weighted by atomic mass is 15.3. The van der Waals surface area contributed by atoms with Gasteiger partial charge in [-0.15, -0.1) is 5.10 Å². The van der Waals surface area contributed by atoms with Gasteiger partial charge >= 0.3 is 0 Å². The number of hydrogen-bond donors (Lipinski definition) is 1. The summed E-state index contributed by atoms with van der Waals surface area (Å²) in [4.78, 5) is 0. The minimum absolute atomic E-state index is 0.445. The van der Waals surface area contributed by atoms with Crippen LogP contribution in [0.3, 0.4) is 0 Å². The van der Waals surface area contributed by atoms with E-state index in [2.05, 4.69) is 20.6 Å². The van der Waals surface area contributed by atoms with E-state index in [0.29, 0.717) is 11.4 Å². The molecule has 0 saturated heterocycles. The number of aryl methyl sites for hydroxylation is 2. The summed E-state index contributed by atoms with van der Waals surface area (Å²) < 4.78 is 1.69. The lowest BCUT2D eigenvalue weighted by Crippen LogP contribution is -1.98. The first-order valence-corrected chi connectivity index (χ1v) is 4.70. The normalized spacial score (nSPS) is 9.81. The molecule has 1 N–H and O–H groups in total. The predicted molar refractivity (Wildman–Crippen MR) is 58.0 cm³/mol. The second-order valence-corrected chi connectivity index (χ2v) is 3.33. The van der Waals surface area contributed by atoms with Crippen molar-refractivity contribution in [3.05, 3.63) is 29.7 Å². The minimum Gasteiger partial charge on any atom is -0.335 e. The van der Waals surface area contributed by atoms with Crippen molar-refractivity contribution in [1.29, 1.82) is 5.26 Å². The Morgan fingerprint density at radius 2 is 2.31 bits per heavy atom. The molecule has 2 aromatic heterocycles. The van der Waals surface area contributed by atoms with Crippen molar-refractivity contribution in [1.82, 2.24) is 20.0 Å². The van der Waals surface area contributed by atoms with Gasteiger partial charge in [0.25, 0.3) is 0 Å². The average Bonchev–Trinajstić information content (AvgIpc) is 2.58. The molecule has 0 fully saturated rings. The van der Waals surface area contributed by atoms with Gasteiger partial charge in [-0.1, -0.05) is 0 Å². The second-order valence-electron chi connectivity index (χ2n) is 3.33. The molecule has 0 aliphatic carbocycles. The van der Waals surface area contributed by atoms with Crippen molar-refractivity contribution in [3.63, 3.8) is 0 Å². The van der Waals surface area contributed by atoms with Crippen LogP contribution in [-0.2, 0) is 7.05 Å². The molecule has 0 aromatic carbocycles. The van der Waals surface area contributed by atoms with Gasteiger partial charge < -0.3 is 5.32 Å². The number of nitrogens with one attached hydrogen (secondary N) is 1. The van der Waals surface area contributed by atoms with Gasteiger partial charge in [0, 0.05) is 13.2 Å². The largest absolute Gasteiger partial charge is 0.335 e. The maximum atomic E-state index is 8.89. The quantitative estimate of drug-likeness (QED) is 0.810. The van der Waals surface area contributed by atoms with Gasteiger partial charge in [0.2, 0.25) is 0 Å². The summed E-state index contributed by atoms with van der Waals surface area (Å²) in [7, 11) is 1.83.